The van der Waals surface area contributed by atoms with Gasteiger partial charge in [-0.15, -0.1) is 0 Å². The van der Waals surface area contributed by atoms with Crippen LogP contribution in [0.2, 0.25) is 0 Å². The highest BCUT2D eigenvalue weighted by molar-refractivity contribution is 5.83. The van der Waals surface area contributed by atoms with Gasteiger partial charge in [-0.25, -0.2) is 0 Å². The summed E-state index contributed by atoms with van der Waals surface area (Å²) >= 11 is 0. The van der Waals surface area contributed by atoms with Crippen LogP contribution in [0.5, 0.6) is 0 Å². The van der Waals surface area contributed by atoms with Gasteiger partial charge in [-0.3, -0.25) is 4.79 Å². The zero-order valence-corrected chi connectivity index (χ0v) is 13.0. The number of carbonyl (C=O) groups is 1. The van der Waals surface area contributed by atoms with E-state index in [4.69, 9.17) is 0 Å². The molecule has 4 bridgehead atoms. The lowest BCUT2D eigenvalue weighted by Gasteiger charge is -2.56. The first kappa shape index (κ1) is 13.1. The number of nitrogens with zero attached hydrogens (tertiary/aromatic N) is 4. The molecule has 5 fully saturated rings. The minimum atomic E-state index is 0.00118. The maximum atomic E-state index is 13.3. The van der Waals surface area contributed by atoms with Crippen LogP contribution >= 0.6 is 0 Å². The van der Waals surface area contributed by atoms with Gasteiger partial charge in [0.1, 0.15) is 0 Å². The molecule has 0 aromatic carbocycles. The van der Waals surface area contributed by atoms with E-state index in [2.05, 4.69) is 15.1 Å². The van der Waals surface area contributed by atoms with Gasteiger partial charge in [0.15, 0.2) is 0 Å². The third-order valence-corrected chi connectivity index (χ3v) is 6.71. The Balaban J connectivity index is 1.35. The van der Waals surface area contributed by atoms with Gasteiger partial charge >= 0.3 is 0 Å². The van der Waals surface area contributed by atoms with Crippen LogP contribution in [0, 0.1) is 23.2 Å². The Labute approximate surface area is 131 Å². The molecule has 118 valence electrons. The second kappa shape index (κ2) is 4.56. The average Bonchev–Trinajstić information content (AvgIpc) is 3.16. The van der Waals surface area contributed by atoms with Gasteiger partial charge in [0.25, 0.3) is 0 Å². The second-order valence-corrected chi connectivity index (χ2v) is 8.24. The molecule has 0 spiro atoms. The first-order valence-corrected chi connectivity index (χ1v) is 8.87. The number of likely N-dealkylation sites (tertiary alicyclic amines) is 1. The number of aromatic nitrogens is 3. The largest absolute Gasteiger partial charge is 0.340 e. The van der Waals surface area contributed by atoms with E-state index < -0.39 is 0 Å². The molecule has 4 aliphatic carbocycles. The zero-order chi connectivity index (χ0) is 14.7. The first-order chi connectivity index (χ1) is 10.7. The summed E-state index contributed by atoms with van der Waals surface area (Å²) in [6, 6.07) is 0.271. The molecule has 1 aliphatic heterocycles. The molecule has 5 aliphatic rings. The van der Waals surface area contributed by atoms with Crippen molar-refractivity contribution in [1.29, 1.82) is 0 Å². The average molecular weight is 300 g/mol. The quantitative estimate of drug-likeness (QED) is 0.842. The lowest BCUT2D eigenvalue weighted by atomic mass is 9.49. The third kappa shape index (κ3) is 1.87. The summed E-state index contributed by atoms with van der Waals surface area (Å²) in [5.41, 5.74) is 0.00118. The molecule has 6 rings (SSSR count). The summed E-state index contributed by atoms with van der Waals surface area (Å²) in [6.07, 6.45) is 12.1. The Morgan fingerprint density at radius 3 is 2.18 bits per heavy atom. The fourth-order valence-electron chi connectivity index (χ4n) is 6.24. The first-order valence-electron chi connectivity index (χ1n) is 8.87. The van der Waals surface area contributed by atoms with Gasteiger partial charge in [-0.2, -0.15) is 15.0 Å². The highest BCUT2D eigenvalue weighted by atomic mass is 16.2. The summed E-state index contributed by atoms with van der Waals surface area (Å²) in [5.74, 6) is 2.96. The van der Waals surface area contributed by atoms with Crippen molar-refractivity contribution in [2.45, 2.75) is 51.0 Å². The Hall–Kier alpha value is -1.39. The van der Waals surface area contributed by atoms with Gasteiger partial charge in [0.05, 0.1) is 23.9 Å². The van der Waals surface area contributed by atoms with Crippen molar-refractivity contribution >= 4 is 5.91 Å². The van der Waals surface area contributed by atoms with Crippen molar-refractivity contribution in [2.75, 3.05) is 13.1 Å². The lowest BCUT2D eigenvalue weighted by molar-refractivity contribution is -0.156. The summed E-state index contributed by atoms with van der Waals surface area (Å²) in [5, 5.41) is 8.50. The molecule has 1 amide bonds. The predicted octanol–water partition coefficient (Wildman–Crippen LogP) is 2.27. The van der Waals surface area contributed by atoms with Crippen LogP contribution in [-0.2, 0) is 4.79 Å². The fraction of sp³-hybridized carbons (Fsp3) is 0.824. The molecule has 1 atom stereocenters. The van der Waals surface area contributed by atoms with Crippen molar-refractivity contribution in [1.82, 2.24) is 19.9 Å². The molecule has 4 saturated carbocycles. The van der Waals surface area contributed by atoms with Crippen molar-refractivity contribution < 1.29 is 4.79 Å². The molecule has 5 heteroatoms. The Bertz CT molecular complexity index is 546. The monoisotopic (exact) mass is 300 g/mol. The molecule has 5 nitrogen and oxygen atoms in total. The third-order valence-electron chi connectivity index (χ3n) is 6.71. The highest BCUT2D eigenvalue weighted by Gasteiger charge is 2.56. The van der Waals surface area contributed by atoms with Gasteiger partial charge in [-0.1, -0.05) is 0 Å². The van der Waals surface area contributed by atoms with E-state index in [1.54, 1.807) is 17.2 Å². The molecular weight excluding hydrogens is 276 g/mol. The van der Waals surface area contributed by atoms with Crippen molar-refractivity contribution in [2.24, 2.45) is 23.2 Å². The molecule has 2 heterocycles. The fourth-order valence-corrected chi connectivity index (χ4v) is 6.24. The van der Waals surface area contributed by atoms with Crippen molar-refractivity contribution in [3.05, 3.63) is 12.4 Å². The molecule has 0 radical (unpaired) electrons. The summed E-state index contributed by atoms with van der Waals surface area (Å²) in [7, 11) is 0. The number of amides is 1. The van der Waals surface area contributed by atoms with Crippen LogP contribution in [-0.4, -0.2) is 38.9 Å². The number of rotatable bonds is 2. The summed E-state index contributed by atoms with van der Waals surface area (Å²) < 4.78 is 0. The second-order valence-electron chi connectivity index (χ2n) is 8.24. The minimum Gasteiger partial charge on any atom is -0.340 e. The van der Waals surface area contributed by atoms with Crippen LogP contribution in [0.15, 0.2) is 12.4 Å². The minimum absolute atomic E-state index is 0.00118. The molecule has 1 saturated heterocycles. The highest BCUT2D eigenvalue weighted by Crippen LogP contribution is 2.60. The normalized spacial score (nSPS) is 43.0. The van der Waals surface area contributed by atoms with E-state index in [0.717, 1.165) is 37.3 Å². The Morgan fingerprint density at radius 2 is 1.59 bits per heavy atom. The molecule has 0 unspecified atom stereocenters. The topological polar surface area (TPSA) is 51.0 Å². The molecule has 0 N–H and O–H groups in total. The standard InChI is InChI=1S/C17H24N4O/c22-16(20-4-1-15(11-20)21-18-2-3-19-21)17-8-12-5-13(9-17)7-14(6-12)10-17/h2-3,12-15H,1,4-11H2/t12?,13?,14?,15-,17?/m0/s1. The van der Waals surface area contributed by atoms with Crippen LogP contribution in [0.25, 0.3) is 0 Å². The van der Waals surface area contributed by atoms with E-state index in [1.165, 1.54) is 38.5 Å². The van der Waals surface area contributed by atoms with Crippen LogP contribution in [0.3, 0.4) is 0 Å². The van der Waals surface area contributed by atoms with E-state index in [0.29, 0.717) is 5.91 Å². The van der Waals surface area contributed by atoms with Crippen LogP contribution < -0.4 is 0 Å². The molecule has 1 aromatic rings. The van der Waals surface area contributed by atoms with E-state index in [9.17, 15) is 4.79 Å². The van der Waals surface area contributed by atoms with Gasteiger partial charge in [-0.05, 0) is 62.7 Å². The van der Waals surface area contributed by atoms with E-state index >= 15 is 0 Å². The van der Waals surface area contributed by atoms with Gasteiger partial charge in [0, 0.05) is 13.1 Å². The Morgan fingerprint density at radius 1 is 1.00 bits per heavy atom. The van der Waals surface area contributed by atoms with E-state index in [1.807, 2.05) is 0 Å². The van der Waals surface area contributed by atoms with Gasteiger partial charge < -0.3 is 4.90 Å². The summed E-state index contributed by atoms with van der Waals surface area (Å²) in [4.78, 5) is 17.2. The maximum Gasteiger partial charge on any atom is 0.228 e. The zero-order valence-electron chi connectivity index (χ0n) is 13.0. The molecular formula is C17H24N4O. The van der Waals surface area contributed by atoms with Crippen molar-refractivity contribution in [3.8, 4) is 0 Å². The SMILES string of the molecule is O=C(N1CC[C@H](n2nccn2)C1)C12CC3CC(CC(C3)C1)C2. The van der Waals surface area contributed by atoms with E-state index in [-0.39, 0.29) is 11.5 Å². The predicted molar refractivity (Wildman–Crippen MR) is 80.9 cm³/mol. The number of carbonyl (C=O) groups excluding carboxylic acids is 1. The van der Waals surface area contributed by atoms with Gasteiger partial charge in [0.2, 0.25) is 5.91 Å². The molecule has 22 heavy (non-hydrogen) atoms. The van der Waals surface area contributed by atoms with Crippen LogP contribution in [0.4, 0.5) is 0 Å². The lowest BCUT2D eigenvalue weighted by Crippen LogP contribution is -2.54. The van der Waals surface area contributed by atoms with Crippen LogP contribution in [0.1, 0.15) is 51.0 Å². The maximum absolute atomic E-state index is 13.3. The number of hydrogen-bond donors (Lipinski definition) is 0. The van der Waals surface area contributed by atoms with Crippen molar-refractivity contribution in [3.63, 3.8) is 0 Å². The number of hydrogen-bond acceptors (Lipinski definition) is 3. The summed E-state index contributed by atoms with van der Waals surface area (Å²) in [6.45, 7) is 1.68. The smallest absolute Gasteiger partial charge is 0.228 e. The molecule has 1 aromatic heterocycles. The Kier molecular flexibility index (Phi) is 2.71.